The molecule has 8 heteroatoms. The summed E-state index contributed by atoms with van der Waals surface area (Å²) in [7, 11) is -3.98. The van der Waals surface area contributed by atoms with Gasteiger partial charge in [0.1, 0.15) is 6.54 Å². The summed E-state index contributed by atoms with van der Waals surface area (Å²) < 4.78 is 47.8. The summed E-state index contributed by atoms with van der Waals surface area (Å²) >= 11 is 0. The normalized spacial score (nSPS) is 18.9. The molecule has 0 spiro atoms. The van der Waals surface area contributed by atoms with E-state index in [2.05, 4.69) is 6.92 Å². The molecule has 0 saturated heterocycles. The van der Waals surface area contributed by atoms with Gasteiger partial charge in [-0.15, -0.1) is 0 Å². The first-order chi connectivity index (χ1) is 13.5. The number of nitrogens with zero attached hydrogens (tertiary/aromatic N) is 1. The summed E-state index contributed by atoms with van der Waals surface area (Å²) in [6, 6.07) is 3.52. The third-order valence-corrected chi connectivity index (χ3v) is 6.68. The molecule has 1 unspecified atom stereocenters. The van der Waals surface area contributed by atoms with Crippen LogP contribution < -0.4 is 0 Å². The minimum atomic E-state index is -3.98. The van der Waals surface area contributed by atoms with Gasteiger partial charge in [-0.3, -0.25) is 9.35 Å². The molecule has 1 aliphatic rings. The maximum absolute atomic E-state index is 14.9. The van der Waals surface area contributed by atoms with Crippen LogP contribution in [0.4, 0.5) is 10.1 Å². The lowest BCUT2D eigenvalue weighted by Crippen LogP contribution is -2.30. The third-order valence-electron chi connectivity index (χ3n) is 5.88. The molecule has 0 fully saturated rings. The molecule has 0 radical (unpaired) electrons. The van der Waals surface area contributed by atoms with Crippen molar-refractivity contribution in [3.05, 3.63) is 29.1 Å². The molecule has 1 aromatic carbocycles. The highest BCUT2D eigenvalue weighted by atomic mass is 32.2. The lowest BCUT2D eigenvalue weighted by Gasteiger charge is -2.22. The van der Waals surface area contributed by atoms with Crippen LogP contribution >= 0.6 is 0 Å². The van der Waals surface area contributed by atoms with E-state index in [1.165, 1.54) is 6.07 Å². The number of benzene rings is 1. The van der Waals surface area contributed by atoms with Crippen molar-refractivity contribution in [1.29, 1.82) is 0 Å². The molecule has 0 aliphatic carbocycles. The van der Waals surface area contributed by atoms with E-state index in [1.807, 2.05) is 24.5 Å². The molecule has 1 atom stereocenters. The SMILES string of the molecule is CC1=[N+](CCCCCC(=O)O)c2c(F)cc(C)cc2C1(C)CCCCS(=O)(=O)O. The first-order valence-electron chi connectivity index (χ1n) is 10.0. The highest BCUT2D eigenvalue weighted by Crippen LogP contribution is 2.44. The summed E-state index contributed by atoms with van der Waals surface area (Å²) in [5.41, 5.74) is 2.92. The van der Waals surface area contributed by atoms with E-state index < -0.39 is 21.5 Å². The third kappa shape index (κ3) is 5.85. The maximum atomic E-state index is 14.9. The number of aliphatic carboxylic acids is 1. The zero-order valence-electron chi connectivity index (χ0n) is 17.4. The number of hydrogen-bond donors (Lipinski definition) is 2. The number of halogens is 1. The Morgan fingerprint density at radius 1 is 1.14 bits per heavy atom. The van der Waals surface area contributed by atoms with Crippen LogP contribution in [-0.2, 0) is 20.3 Å². The van der Waals surface area contributed by atoms with Crippen LogP contribution in [0.25, 0.3) is 0 Å². The van der Waals surface area contributed by atoms with Gasteiger partial charge in [-0.05, 0) is 57.2 Å². The number of hydrogen-bond acceptors (Lipinski definition) is 3. The second kappa shape index (κ2) is 9.34. The fourth-order valence-electron chi connectivity index (χ4n) is 4.17. The zero-order chi connectivity index (χ0) is 21.8. The Balaban J connectivity index is 2.22. The summed E-state index contributed by atoms with van der Waals surface area (Å²) in [6.07, 6.45) is 3.84. The lowest BCUT2D eigenvalue weighted by molar-refractivity contribution is -0.442. The quantitative estimate of drug-likeness (QED) is 0.313. The van der Waals surface area contributed by atoms with Gasteiger partial charge in [0.15, 0.2) is 11.5 Å². The van der Waals surface area contributed by atoms with Crippen LogP contribution in [0.15, 0.2) is 12.1 Å². The molecule has 1 aromatic rings. The molecular formula is C21H31FNO5S+. The average Bonchev–Trinajstić information content (AvgIpc) is 2.80. The Morgan fingerprint density at radius 3 is 2.45 bits per heavy atom. The maximum Gasteiger partial charge on any atom is 0.303 e. The standard InChI is InChI=1S/C21H30FNO5S/c1-15-13-17-20(18(22)14-15)23(11-7-4-5-9-19(24)25)16(2)21(17,3)10-6-8-12-29(26,27)28/h13-14H,4-12H2,1-3H3,(H-,24,25,26,27,28)/p+1. The van der Waals surface area contributed by atoms with Crippen LogP contribution in [0.3, 0.4) is 0 Å². The smallest absolute Gasteiger partial charge is 0.303 e. The Labute approximate surface area is 172 Å². The highest BCUT2D eigenvalue weighted by Gasteiger charge is 2.47. The van der Waals surface area contributed by atoms with E-state index in [-0.39, 0.29) is 18.0 Å². The first-order valence-corrected chi connectivity index (χ1v) is 11.7. The van der Waals surface area contributed by atoms with E-state index in [9.17, 15) is 17.6 Å². The molecule has 6 nitrogen and oxygen atoms in total. The Bertz CT molecular complexity index is 910. The minimum absolute atomic E-state index is 0.137. The van der Waals surface area contributed by atoms with Crippen LogP contribution in [0, 0.1) is 12.7 Å². The van der Waals surface area contributed by atoms with Crippen molar-refractivity contribution in [2.75, 3.05) is 12.3 Å². The Morgan fingerprint density at radius 2 is 1.83 bits per heavy atom. The molecule has 0 aromatic heterocycles. The van der Waals surface area contributed by atoms with Crippen molar-refractivity contribution in [3.8, 4) is 0 Å². The van der Waals surface area contributed by atoms with Crippen LogP contribution in [0.2, 0.25) is 0 Å². The van der Waals surface area contributed by atoms with E-state index >= 15 is 0 Å². The first kappa shape index (κ1) is 23.5. The fourth-order valence-corrected chi connectivity index (χ4v) is 4.74. The van der Waals surface area contributed by atoms with Crippen molar-refractivity contribution in [1.82, 2.24) is 0 Å². The molecular weight excluding hydrogens is 397 g/mol. The number of carboxylic acid groups (broad SMARTS) is 1. The van der Waals surface area contributed by atoms with Crippen molar-refractivity contribution in [2.24, 2.45) is 0 Å². The van der Waals surface area contributed by atoms with Crippen LogP contribution in [-0.4, -0.2) is 46.6 Å². The molecule has 1 aliphatic heterocycles. The molecule has 0 saturated carbocycles. The van der Waals surface area contributed by atoms with Crippen molar-refractivity contribution < 1.29 is 31.8 Å². The summed E-state index contributed by atoms with van der Waals surface area (Å²) in [5, 5.41) is 8.76. The number of aryl methyl sites for hydroxylation is 1. The van der Waals surface area contributed by atoms with Gasteiger partial charge in [0.25, 0.3) is 10.1 Å². The summed E-state index contributed by atoms with van der Waals surface area (Å²) in [5.74, 6) is -1.35. The molecule has 1 heterocycles. The molecule has 2 rings (SSSR count). The van der Waals surface area contributed by atoms with Crippen molar-refractivity contribution >= 4 is 27.5 Å². The fraction of sp³-hybridized carbons (Fsp3) is 0.619. The molecule has 2 N–H and O–H groups in total. The van der Waals surface area contributed by atoms with Gasteiger partial charge in [0.05, 0.1) is 11.2 Å². The van der Waals surface area contributed by atoms with E-state index in [0.29, 0.717) is 37.9 Å². The topological polar surface area (TPSA) is 94.7 Å². The Hall–Kier alpha value is -1.80. The van der Waals surface area contributed by atoms with E-state index in [4.69, 9.17) is 9.66 Å². The van der Waals surface area contributed by atoms with Crippen LogP contribution in [0.5, 0.6) is 0 Å². The van der Waals surface area contributed by atoms with Crippen LogP contribution in [0.1, 0.15) is 69.9 Å². The summed E-state index contributed by atoms with van der Waals surface area (Å²) in [6.45, 7) is 6.50. The van der Waals surface area contributed by atoms with Crippen molar-refractivity contribution in [3.63, 3.8) is 0 Å². The monoisotopic (exact) mass is 428 g/mol. The van der Waals surface area contributed by atoms with Gasteiger partial charge in [-0.1, -0.05) is 6.42 Å². The van der Waals surface area contributed by atoms with E-state index in [1.54, 1.807) is 0 Å². The average molecular weight is 429 g/mol. The van der Waals surface area contributed by atoms with Crippen molar-refractivity contribution in [2.45, 2.75) is 71.1 Å². The molecule has 162 valence electrons. The van der Waals surface area contributed by atoms with E-state index in [0.717, 1.165) is 29.7 Å². The predicted molar refractivity (Wildman–Crippen MR) is 110 cm³/mol. The lowest BCUT2D eigenvalue weighted by atomic mass is 9.75. The Kier molecular flexibility index (Phi) is 7.56. The van der Waals surface area contributed by atoms with Gasteiger partial charge < -0.3 is 5.11 Å². The van der Waals surface area contributed by atoms with Gasteiger partial charge >= 0.3 is 5.97 Å². The van der Waals surface area contributed by atoms with Gasteiger partial charge in [0, 0.05) is 25.3 Å². The van der Waals surface area contributed by atoms with Gasteiger partial charge in [-0.2, -0.15) is 17.4 Å². The van der Waals surface area contributed by atoms with Gasteiger partial charge in [0.2, 0.25) is 5.69 Å². The molecule has 29 heavy (non-hydrogen) atoms. The number of rotatable bonds is 11. The molecule has 0 bridgehead atoms. The largest absolute Gasteiger partial charge is 0.481 e. The molecule has 0 amide bonds. The number of unbranched alkanes of at least 4 members (excludes halogenated alkanes) is 3. The van der Waals surface area contributed by atoms with Gasteiger partial charge in [-0.25, -0.2) is 0 Å². The number of carbonyl (C=O) groups is 1. The highest BCUT2D eigenvalue weighted by molar-refractivity contribution is 7.85. The second-order valence-electron chi connectivity index (χ2n) is 8.16. The predicted octanol–water partition coefficient (Wildman–Crippen LogP) is 4.21. The number of fused-ring (bicyclic) bond motifs is 1. The summed E-state index contributed by atoms with van der Waals surface area (Å²) in [4.78, 5) is 10.7. The number of carboxylic acids is 1. The zero-order valence-corrected chi connectivity index (χ0v) is 18.2. The minimum Gasteiger partial charge on any atom is -0.481 e. The second-order valence-corrected chi connectivity index (χ2v) is 9.73.